The summed E-state index contributed by atoms with van der Waals surface area (Å²) in [5.74, 6) is 2.58. The number of ether oxygens (including phenoxy) is 2. The van der Waals surface area contributed by atoms with Crippen LogP contribution in [0.15, 0.2) is 52.9 Å². The van der Waals surface area contributed by atoms with Crippen molar-refractivity contribution in [2.45, 2.75) is 18.8 Å². The first-order valence-corrected chi connectivity index (χ1v) is 8.94. The molecule has 1 fully saturated rings. The number of fused-ring (bicyclic) bond motifs is 1. The molecule has 27 heavy (non-hydrogen) atoms. The number of carbonyl (C=O) groups excluding carboxylic acids is 1. The molecule has 0 spiro atoms. The maximum atomic E-state index is 13.2. The van der Waals surface area contributed by atoms with Crippen molar-refractivity contribution in [1.29, 1.82) is 0 Å². The van der Waals surface area contributed by atoms with E-state index in [2.05, 4.69) is 4.98 Å². The molecule has 0 radical (unpaired) electrons. The van der Waals surface area contributed by atoms with Crippen LogP contribution < -0.4 is 14.4 Å². The summed E-state index contributed by atoms with van der Waals surface area (Å²) < 4.78 is 16.8. The van der Waals surface area contributed by atoms with Crippen LogP contribution in [0.25, 0.3) is 11.5 Å². The van der Waals surface area contributed by atoms with Gasteiger partial charge in [-0.1, -0.05) is 18.2 Å². The molecule has 0 N–H and O–H groups in total. The lowest BCUT2D eigenvalue weighted by Gasteiger charge is -2.16. The van der Waals surface area contributed by atoms with Crippen LogP contribution in [0.2, 0.25) is 0 Å². The van der Waals surface area contributed by atoms with Crippen molar-refractivity contribution in [2.75, 3.05) is 18.7 Å². The Labute approximate surface area is 156 Å². The Bertz CT molecular complexity index is 1010. The van der Waals surface area contributed by atoms with Gasteiger partial charge in [0.15, 0.2) is 17.2 Å². The summed E-state index contributed by atoms with van der Waals surface area (Å²) in [5.41, 5.74) is 1.97. The van der Waals surface area contributed by atoms with Crippen molar-refractivity contribution in [3.63, 3.8) is 0 Å². The third-order valence-corrected chi connectivity index (χ3v) is 4.87. The first kappa shape index (κ1) is 15.9. The predicted octanol–water partition coefficient (Wildman–Crippen LogP) is 4.22. The molecule has 0 saturated heterocycles. The van der Waals surface area contributed by atoms with Gasteiger partial charge in [-0.3, -0.25) is 4.79 Å². The molecule has 136 valence electrons. The molecule has 1 saturated carbocycles. The lowest BCUT2D eigenvalue weighted by atomic mass is 10.2. The summed E-state index contributed by atoms with van der Waals surface area (Å²) in [7, 11) is 1.73. The van der Waals surface area contributed by atoms with Gasteiger partial charge in [0.1, 0.15) is 5.76 Å². The molecule has 1 aliphatic carbocycles. The van der Waals surface area contributed by atoms with Crippen LogP contribution in [-0.4, -0.2) is 24.7 Å². The molecular weight excluding hydrogens is 344 g/mol. The second-order valence-corrected chi connectivity index (χ2v) is 6.77. The molecule has 6 nitrogen and oxygen atoms in total. The lowest BCUT2D eigenvalue weighted by Crippen LogP contribution is -2.27. The summed E-state index contributed by atoms with van der Waals surface area (Å²) in [6.45, 7) is 0.200. The number of rotatable bonds is 4. The highest BCUT2D eigenvalue weighted by atomic mass is 16.7. The number of aromatic nitrogens is 1. The summed E-state index contributed by atoms with van der Waals surface area (Å²) in [5, 5.41) is 0. The van der Waals surface area contributed by atoms with Crippen LogP contribution in [0.4, 0.5) is 5.69 Å². The third-order valence-electron chi connectivity index (χ3n) is 4.87. The molecule has 2 aliphatic rings. The van der Waals surface area contributed by atoms with Crippen LogP contribution in [0.3, 0.4) is 0 Å². The molecule has 1 aliphatic heterocycles. The highest BCUT2D eigenvalue weighted by molar-refractivity contribution is 6.05. The molecule has 3 aromatic rings. The molecule has 0 atom stereocenters. The Hall–Kier alpha value is -3.28. The van der Waals surface area contributed by atoms with Crippen molar-refractivity contribution in [2.24, 2.45) is 0 Å². The van der Waals surface area contributed by atoms with E-state index in [1.807, 2.05) is 36.4 Å². The number of amides is 1. The molecule has 0 bridgehead atoms. The molecule has 0 unspecified atom stereocenters. The van der Waals surface area contributed by atoms with Crippen LogP contribution in [0.5, 0.6) is 11.5 Å². The zero-order valence-electron chi connectivity index (χ0n) is 14.8. The number of anilines is 1. The summed E-state index contributed by atoms with van der Waals surface area (Å²) >= 11 is 0. The summed E-state index contributed by atoms with van der Waals surface area (Å²) in [6.07, 6.45) is 2.05. The average molecular weight is 362 g/mol. The van der Waals surface area contributed by atoms with Gasteiger partial charge in [-0.15, -0.1) is 0 Å². The summed E-state index contributed by atoms with van der Waals surface area (Å²) in [4.78, 5) is 19.3. The van der Waals surface area contributed by atoms with Crippen LogP contribution >= 0.6 is 0 Å². The zero-order valence-corrected chi connectivity index (χ0v) is 14.8. The minimum Gasteiger partial charge on any atom is -0.454 e. The van der Waals surface area contributed by atoms with E-state index in [1.165, 1.54) is 0 Å². The fraction of sp³-hybridized carbons (Fsp3) is 0.238. The first-order valence-electron chi connectivity index (χ1n) is 8.94. The Balaban J connectivity index is 1.50. The molecule has 2 heterocycles. The molecule has 2 aromatic carbocycles. The number of benzene rings is 2. The van der Waals surface area contributed by atoms with E-state index in [9.17, 15) is 4.79 Å². The van der Waals surface area contributed by atoms with Gasteiger partial charge in [0.2, 0.25) is 12.7 Å². The number of oxazole rings is 1. The number of nitrogens with zero attached hydrogens (tertiary/aromatic N) is 2. The fourth-order valence-corrected chi connectivity index (χ4v) is 3.18. The second kappa shape index (κ2) is 6.16. The molecular formula is C21H18N2O4. The van der Waals surface area contributed by atoms with Gasteiger partial charge in [0.25, 0.3) is 5.91 Å². The number of hydrogen-bond acceptors (Lipinski definition) is 5. The standard InChI is InChI=1S/C21H18N2O4/c1-23(15-9-10-16-17(11-15)26-12-25-16)21(24)18-19(13-7-8-13)27-20(22-18)14-5-3-2-4-6-14/h2-6,9-11,13H,7-8,12H2,1H3. The minimum absolute atomic E-state index is 0.193. The van der Waals surface area contributed by atoms with Crippen molar-refractivity contribution < 1.29 is 18.7 Å². The van der Waals surface area contributed by atoms with Gasteiger partial charge in [-0.25, -0.2) is 4.98 Å². The van der Waals surface area contributed by atoms with Crippen molar-refractivity contribution in [3.05, 3.63) is 60.0 Å². The Morgan fingerprint density at radius 2 is 1.85 bits per heavy atom. The van der Waals surface area contributed by atoms with Crippen molar-refractivity contribution >= 4 is 11.6 Å². The van der Waals surface area contributed by atoms with E-state index in [0.29, 0.717) is 28.8 Å². The van der Waals surface area contributed by atoms with E-state index in [-0.39, 0.29) is 18.6 Å². The number of hydrogen-bond donors (Lipinski definition) is 0. The van der Waals surface area contributed by atoms with Crippen LogP contribution in [-0.2, 0) is 0 Å². The second-order valence-electron chi connectivity index (χ2n) is 6.77. The molecule has 5 rings (SSSR count). The van der Waals surface area contributed by atoms with E-state index in [0.717, 1.165) is 24.1 Å². The van der Waals surface area contributed by atoms with Gasteiger partial charge in [0.05, 0.1) is 0 Å². The van der Waals surface area contributed by atoms with Gasteiger partial charge >= 0.3 is 0 Å². The van der Waals surface area contributed by atoms with E-state index >= 15 is 0 Å². The van der Waals surface area contributed by atoms with Gasteiger partial charge in [-0.05, 0) is 37.1 Å². The summed E-state index contributed by atoms with van der Waals surface area (Å²) in [6, 6.07) is 15.1. The SMILES string of the molecule is CN(C(=O)c1nc(-c2ccccc2)oc1C1CC1)c1ccc2c(c1)OCO2. The van der Waals surface area contributed by atoms with E-state index < -0.39 is 0 Å². The number of carbonyl (C=O) groups is 1. The van der Waals surface area contributed by atoms with E-state index in [1.54, 1.807) is 24.1 Å². The molecule has 6 heteroatoms. The molecule has 1 aromatic heterocycles. The zero-order chi connectivity index (χ0) is 18.4. The smallest absolute Gasteiger partial charge is 0.280 e. The minimum atomic E-state index is -0.193. The maximum Gasteiger partial charge on any atom is 0.280 e. The van der Waals surface area contributed by atoms with Crippen molar-refractivity contribution in [1.82, 2.24) is 4.98 Å². The fourth-order valence-electron chi connectivity index (χ4n) is 3.18. The Morgan fingerprint density at radius 3 is 2.63 bits per heavy atom. The Kier molecular flexibility index (Phi) is 3.63. The van der Waals surface area contributed by atoms with Crippen LogP contribution in [0.1, 0.15) is 35.0 Å². The van der Waals surface area contributed by atoms with Gasteiger partial charge < -0.3 is 18.8 Å². The highest BCUT2D eigenvalue weighted by Gasteiger charge is 2.35. The maximum absolute atomic E-state index is 13.2. The lowest BCUT2D eigenvalue weighted by molar-refractivity contribution is 0.0987. The quantitative estimate of drug-likeness (QED) is 0.695. The molecule has 1 amide bonds. The topological polar surface area (TPSA) is 64.8 Å². The van der Waals surface area contributed by atoms with Gasteiger partial charge in [0, 0.05) is 30.3 Å². The van der Waals surface area contributed by atoms with Gasteiger partial charge in [-0.2, -0.15) is 0 Å². The monoisotopic (exact) mass is 362 g/mol. The van der Waals surface area contributed by atoms with Crippen LogP contribution in [0, 0.1) is 0 Å². The van der Waals surface area contributed by atoms with E-state index in [4.69, 9.17) is 13.9 Å². The normalized spacial score (nSPS) is 15.0. The predicted molar refractivity (Wildman–Crippen MR) is 99.2 cm³/mol. The highest BCUT2D eigenvalue weighted by Crippen LogP contribution is 2.44. The largest absolute Gasteiger partial charge is 0.454 e. The third kappa shape index (κ3) is 2.83. The van der Waals surface area contributed by atoms with Crippen molar-refractivity contribution in [3.8, 4) is 23.0 Å². The Morgan fingerprint density at radius 1 is 1.07 bits per heavy atom. The average Bonchev–Trinajstić information content (AvgIpc) is 3.28. The first-order chi connectivity index (χ1) is 13.2.